The number of benzene rings is 1. The first kappa shape index (κ1) is 13.7. The van der Waals surface area contributed by atoms with Crippen LogP contribution in [0.5, 0.6) is 0 Å². The van der Waals surface area contributed by atoms with Crippen LogP contribution < -0.4 is 5.32 Å². The minimum atomic E-state index is -1.19. The maximum absolute atomic E-state index is 11.9. The van der Waals surface area contributed by atoms with Gasteiger partial charge in [0.2, 0.25) is 0 Å². The Morgan fingerprint density at radius 3 is 2.45 bits per heavy atom. The fraction of sp³-hybridized carbons (Fsp3) is 0.143. The van der Waals surface area contributed by atoms with Crippen molar-refractivity contribution in [1.82, 2.24) is 15.3 Å². The first-order valence-electron chi connectivity index (χ1n) is 5.95. The summed E-state index contributed by atoms with van der Waals surface area (Å²) in [7, 11) is 0. The van der Waals surface area contributed by atoms with Crippen molar-refractivity contribution in [2.24, 2.45) is 0 Å². The molecule has 0 radical (unpaired) electrons. The van der Waals surface area contributed by atoms with Gasteiger partial charge < -0.3 is 10.4 Å². The lowest BCUT2D eigenvalue weighted by Crippen LogP contribution is -2.24. The molecule has 0 aliphatic rings. The molecule has 1 heterocycles. The maximum atomic E-state index is 11.9. The standard InChI is InChI=1S/C14H13N3O3/c1-9-2-4-10(5-3-9)7-15-13(18)11-6-12(14(19)20)17-8-16-11/h2-6,8H,7H2,1H3,(H,15,18)(H,19,20). The van der Waals surface area contributed by atoms with Gasteiger partial charge in [-0.15, -0.1) is 0 Å². The van der Waals surface area contributed by atoms with Gasteiger partial charge in [0, 0.05) is 12.6 Å². The Morgan fingerprint density at radius 1 is 1.15 bits per heavy atom. The molecule has 0 unspecified atom stereocenters. The third kappa shape index (κ3) is 3.38. The molecule has 6 heteroatoms. The number of nitrogens with one attached hydrogen (secondary N) is 1. The molecule has 0 atom stereocenters. The summed E-state index contributed by atoms with van der Waals surface area (Å²) in [4.78, 5) is 30.0. The van der Waals surface area contributed by atoms with Gasteiger partial charge in [0.15, 0.2) is 5.69 Å². The van der Waals surface area contributed by atoms with E-state index in [1.807, 2.05) is 31.2 Å². The predicted octanol–water partition coefficient (Wildman–Crippen LogP) is 1.41. The quantitative estimate of drug-likeness (QED) is 0.877. The number of hydrogen-bond acceptors (Lipinski definition) is 4. The van der Waals surface area contributed by atoms with Crippen LogP contribution >= 0.6 is 0 Å². The Labute approximate surface area is 115 Å². The lowest BCUT2D eigenvalue weighted by molar-refractivity contribution is 0.0690. The SMILES string of the molecule is Cc1ccc(CNC(=O)c2cc(C(=O)O)ncn2)cc1. The third-order valence-corrected chi connectivity index (χ3v) is 2.69. The van der Waals surface area contributed by atoms with Crippen LogP contribution in [0.25, 0.3) is 0 Å². The first-order valence-corrected chi connectivity index (χ1v) is 5.95. The lowest BCUT2D eigenvalue weighted by atomic mass is 10.1. The molecule has 0 spiro atoms. The summed E-state index contributed by atoms with van der Waals surface area (Å²) < 4.78 is 0. The van der Waals surface area contributed by atoms with Crippen LogP contribution in [0.15, 0.2) is 36.7 Å². The highest BCUT2D eigenvalue weighted by Crippen LogP contribution is 2.03. The van der Waals surface area contributed by atoms with Gasteiger partial charge in [-0.3, -0.25) is 4.79 Å². The van der Waals surface area contributed by atoms with Crippen molar-refractivity contribution in [1.29, 1.82) is 0 Å². The molecule has 0 saturated heterocycles. The second kappa shape index (κ2) is 5.92. The molecule has 1 aromatic heterocycles. The Balaban J connectivity index is 2.03. The number of aromatic nitrogens is 2. The number of carboxylic acid groups (broad SMARTS) is 1. The van der Waals surface area contributed by atoms with Crippen LogP contribution in [0.4, 0.5) is 0 Å². The normalized spacial score (nSPS) is 10.1. The third-order valence-electron chi connectivity index (χ3n) is 2.69. The molecule has 0 fully saturated rings. The van der Waals surface area contributed by atoms with Gasteiger partial charge in [0.1, 0.15) is 12.0 Å². The lowest BCUT2D eigenvalue weighted by Gasteiger charge is -2.05. The molecule has 1 amide bonds. The number of hydrogen-bond donors (Lipinski definition) is 2. The summed E-state index contributed by atoms with van der Waals surface area (Å²) in [5.41, 5.74) is 1.92. The van der Waals surface area contributed by atoms with E-state index in [1.165, 1.54) is 0 Å². The number of aryl methyl sites for hydroxylation is 1. The van der Waals surface area contributed by atoms with E-state index in [9.17, 15) is 9.59 Å². The zero-order chi connectivity index (χ0) is 14.5. The zero-order valence-corrected chi connectivity index (χ0v) is 10.8. The molecule has 6 nitrogen and oxygen atoms in total. The summed E-state index contributed by atoms with van der Waals surface area (Å²) in [6.07, 6.45) is 1.06. The van der Waals surface area contributed by atoms with E-state index >= 15 is 0 Å². The van der Waals surface area contributed by atoms with E-state index in [4.69, 9.17) is 5.11 Å². The Morgan fingerprint density at radius 2 is 1.80 bits per heavy atom. The number of aromatic carboxylic acids is 1. The van der Waals surface area contributed by atoms with Crippen molar-refractivity contribution in [2.45, 2.75) is 13.5 Å². The number of carbonyl (C=O) groups excluding carboxylic acids is 1. The average molecular weight is 271 g/mol. The Bertz CT molecular complexity index is 638. The zero-order valence-electron chi connectivity index (χ0n) is 10.8. The molecule has 2 N–H and O–H groups in total. The summed E-state index contributed by atoms with van der Waals surface area (Å²) in [5.74, 6) is -1.63. The molecule has 1 aromatic carbocycles. The van der Waals surface area contributed by atoms with Gasteiger partial charge in [-0.1, -0.05) is 29.8 Å². The minimum Gasteiger partial charge on any atom is -0.477 e. The van der Waals surface area contributed by atoms with E-state index in [-0.39, 0.29) is 11.4 Å². The summed E-state index contributed by atoms with van der Waals surface area (Å²) in [5, 5.41) is 11.5. The second-order valence-electron chi connectivity index (χ2n) is 4.26. The van der Waals surface area contributed by atoms with Crippen molar-refractivity contribution in [3.05, 3.63) is 59.2 Å². The molecule has 2 rings (SSSR count). The highest BCUT2D eigenvalue weighted by Gasteiger charge is 2.11. The van der Waals surface area contributed by atoms with Gasteiger partial charge in [-0.05, 0) is 12.5 Å². The van der Waals surface area contributed by atoms with E-state index < -0.39 is 11.9 Å². The predicted molar refractivity (Wildman–Crippen MR) is 71.3 cm³/mol. The number of carbonyl (C=O) groups is 2. The average Bonchev–Trinajstić information content (AvgIpc) is 2.46. The van der Waals surface area contributed by atoms with Crippen LogP contribution in [-0.2, 0) is 6.54 Å². The van der Waals surface area contributed by atoms with Gasteiger partial charge in [0.05, 0.1) is 0 Å². The fourth-order valence-electron chi connectivity index (χ4n) is 1.58. The van der Waals surface area contributed by atoms with Gasteiger partial charge >= 0.3 is 5.97 Å². The monoisotopic (exact) mass is 271 g/mol. The Hall–Kier alpha value is -2.76. The van der Waals surface area contributed by atoms with Crippen molar-refractivity contribution in [3.63, 3.8) is 0 Å². The van der Waals surface area contributed by atoms with Gasteiger partial charge in [-0.2, -0.15) is 0 Å². The Kier molecular flexibility index (Phi) is 4.05. The molecule has 0 bridgehead atoms. The molecule has 20 heavy (non-hydrogen) atoms. The first-order chi connectivity index (χ1) is 9.56. The van der Waals surface area contributed by atoms with Crippen LogP contribution in [0, 0.1) is 6.92 Å². The molecular formula is C14H13N3O3. The largest absolute Gasteiger partial charge is 0.477 e. The topological polar surface area (TPSA) is 92.2 Å². The smallest absolute Gasteiger partial charge is 0.354 e. The summed E-state index contributed by atoms with van der Waals surface area (Å²) in [6.45, 7) is 2.34. The summed E-state index contributed by atoms with van der Waals surface area (Å²) >= 11 is 0. The fourth-order valence-corrected chi connectivity index (χ4v) is 1.58. The maximum Gasteiger partial charge on any atom is 0.354 e. The van der Waals surface area contributed by atoms with Crippen molar-refractivity contribution in [3.8, 4) is 0 Å². The molecule has 0 aliphatic carbocycles. The molecule has 102 valence electrons. The van der Waals surface area contributed by atoms with Crippen LogP contribution in [0.2, 0.25) is 0 Å². The second-order valence-corrected chi connectivity index (χ2v) is 4.26. The van der Waals surface area contributed by atoms with Crippen molar-refractivity contribution < 1.29 is 14.7 Å². The molecule has 0 aliphatic heterocycles. The number of rotatable bonds is 4. The van der Waals surface area contributed by atoms with E-state index in [1.54, 1.807) is 0 Å². The highest BCUT2D eigenvalue weighted by atomic mass is 16.4. The van der Waals surface area contributed by atoms with E-state index in [0.29, 0.717) is 6.54 Å². The van der Waals surface area contributed by atoms with Gasteiger partial charge in [-0.25, -0.2) is 14.8 Å². The molecule has 2 aromatic rings. The number of carboxylic acids is 1. The van der Waals surface area contributed by atoms with Crippen LogP contribution in [0.3, 0.4) is 0 Å². The van der Waals surface area contributed by atoms with E-state index in [2.05, 4.69) is 15.3 Å². The van der Waals surface area contributed by atoms with Gasteiger partial charge in [0.25, 0.3) is 5.91 Å². The number of amides is 1. The minimum absolute atomic E-state index is 0.0320. The summed E-state index contributed by atoms with van der Waals surface area (Å²) in [6, 6.07) is 8.88. The van der Waals surface area contributed by atoms with Crippen molar-refractivity contribution in [2.75, 3.05) is 0 Å². The van der Waals surface area contributed by atoms with Crippen LogP contribution in [-0.4, -0.2) is 27.0 Å². The van der Waals surface area contributed by atoms with E-state index in [0.717, 1.165) is 23.5 Å². The molecular weight excluding hydrogens is 258 g/mol. The highest BCUT2D eigenvalue weighted by molar-refractivity contribution is 5.94. The van der Waals surface area contributed by atoms with Crippen LogP contribution in [0.1, 0.15) is 32.1 Å². The number of nitrogens with zero attached hydrogens (tertiary/aromatic N) is 2. The molecule has 0 saturated carbocycles. The van der Waals surface area contributed by atoms with Crippen molar-refractivity contribution >= 4 is 11.9 Å².